The van der Waals surface area contributed by atoms with Gasteiger partial charge in [0, 0.05) is 18.9 Å². The molecule has 102 valence electrons. The number of nitrogens with zero attached hydrogens (tertiary/aromatic N) is 2. The Hall–Kier alpha value is -2.22. The Kier molecular flexibility index (Phi) is 3.61. The van der Waals surface area contributed by atoms with E-state index >= 15 is 0 Å². The number of hydrogen-bond donors (Lipinski definition) is 2. The predicted molar refractivity (Wildman–Crippen MR) is 65.3 cm³/mol. The lowest BCUT2D eigenvalue weighted by molar-refractivity contribution is -0.384. The topological polar surface area (TPSA) is 115 Å². The fraction of sp³-hybridized carbons (Fsp3) is 0.455. The molecule has 0 aromatic carbocycles. The summed E-state index contributed by atoms with van der Waals surface area (Å²) < 4.78 is 5.35. The Balaban J connectivity index is 2.29. The second kappa shape index (κ2) is 5.19. The molecule has 1 aromatic heterocycles. The Morgan fingerprint density at radius 2 is 2.42 bits per heavy atom. The molecule has 0 bridgehead atoms. The van der Waals surface area contributed by atoms with Crippen LogP contribution in [0.5, 0.6) is 0 Å². The third kappa shape index (κ3) is 2.79. The number of rotatable bonds is 4. The maximum absolute atomic E-state index is 11.0. The number of anilines is 1. The molecule has 0 saturated carbocycles. The highest BCUT2D eigenvalue weighted by atomic mass is 16.6. The van der Waals surface area contributed by atoms with E-state index < -0.39 is 10.9 Å². The van der Waals surface area contributed by atoms with Gasteiger partial charge >= 0.3 is 11.7 Å². The van der Waals surface area contributed by atoms with E-state index in [9.17, 15) is 14.9 Å². The lowest BCUT2D eigenvalue weighted by Gasteiger charge is -2.16. The van der Waals surface area contributed by atoms with Crippen molar-refractivity contribution >= 4 is 17.5 Å². The number of ether oxygens (including phenoxy) is 1. The van der Waals surface area contributed by atoms with Gasteiger partial charge in [0.2, 0.25) is 5.82 Å². The van der Waals surface area contributed by atoms with Crippen LogP contribution in [0.4, 0.5) is 11.5 Å². The molecular formula is C11H13N3O5. The van der Waals surface area contributed by atoms with Gasteiger partial charge < -0.3 is 15.2 Å². The molecule has 1 fully saturated rings. The van der Waals surface area contributed by atoms with E-state index in [1.165, 1.54) is 0 Å². The van der Waals surface area contributed by atoms with Crippen LogP contribution in [-0.2, 0) is 4.74 Å². The molecule has 2 atom stereocenters. The number of nitro groups is 1. The van der Waals surface area contributed by atoms with Crippen LogP contribution in [0.15, 0.2) is 12.3 Å². The summed E-state index contributed by atoms with van der Waals surface area (Å²) in [7, 11) is 0. The van der Waals surface area contributed by atoms with Gasteiger partial charge in [-0.2, -0.15) is 0 Å². The molecule has 19 heavy (non-hydrogen) atoms. The lowest BCUT2D eigenvalue weighted by atomic mass is 10.1. The fourth-order valence-electron chi connectivity index (χ4n) is 1.92. The number of nitrogens with one attached hydrogen (secondary N) is 1. The van der Waals surface area contributed by atoms with Gasteiger partial charge in [-0.05, 0) is 13.3 Å². The monoisotopic (exact) mass is 267 g/mol. The number of aromatic nitrogens is 1. The minimum atomic E-state index is -1.25. The third-order valence-corrected chi connectivity index (χ3v) is 3.01. The summed E-state index contributed by atoms with van der Waals surface area (Å²) in [6.45, 7) is 2.45. The third-order valence-electron chi connectivity index (χ3n) is 3.01. The highest BCUT2D eigenvalue weighted by molar-refractivity contribution is 5.88. The van der Waals surface area contributed by atoms with Crippen molar-refractivity contribution in [3.63, 3.8) is 0 Å². The first-order valence-electron chi connectivity index (χ1n) is 5.75. The van der Waals surface area contributed by atoms with Crippen molar-refractivity contribution in [1.29, 1.82) is 0 Å². The maximum atomic E-state index is 11.0. The summed E-state index contributed by atoms with van der Waals surface area (Å²) in [5.74, 6) is -1.18. The van der Waals surface area contributed by atoms with E-state index in [1.807, 2.05) is 6.92 Å². The van der Waals surface area contributed by atoms with Gasteiger partial charge in [0.05, 0.1) is 22.6 Å². The van der Waals surface area contributed by atoms with Gasteiger partial charge in [0.15, 0.2) is 0 Å². The summed E-state index contributed by atoms with van der Waals surface area (Å²) in [5.41, 5.74) is -0.563. The Bertz CT molecular complexity index is 519. The second-order valence-electron chi connectivity index (χ2n) is 4.27. The highest BCUT2D eigenvalue weighted by Crippen LogP contribution is 2.26. The lowest BCUT2D eigenvalue weighted by Crippen LogP contribution is -2.27. The quantitative estimate of drug-likeness (QED) is 0.623. The average Bonchev–Trinajstić information content (AvgIpc) is 2.75. The minimum absolute atomic E-state index is 0.0670. The molecular weight excluding hydrogens is 254 g/mol. The van der Waals surface area contributed by atoms with Crippen LogP contribution in [0.2, 0.25) is 0 Å². The van der Waals surface area contributed by atoms with Gasteiger partial charge in [0.25, 0.3) is 0 Å². The molecule has 0 spiro atoms. The number of carboxylic acid groups (broad SMARTS) is 1. The summed E-state index contributed by atoms with van der Waals surface area (Å²) in [4.78, 5) is 24.9. The normalized spacial score (nSPS) is 22.2. The number of hydrogen-bond acceptors (Lipinski definition) is 6. The van der Waals surface area contributed by atoms with Crippen LogP contribution in [0.3, 0.4) is 0 Å². The number of carbonyl (C=O) groups is 1. The van der Waals surface area contributed by atoms with E-state index in [0.29, 0.717) is 6.61 Å². The average molecular weight is 267 g/mol. The van der Waals surface area contributed by atoms with E-state index in [4.69, 9.17) is 9.84 Å². The van der Waals surface area contributed by atoms with Crippen LogP contribution in [-0.4, -0.2) is 39.7 Å². The van der Waals surface area contributed by atoms with Crippen molar-refractivity contribution in [2.75, 3.05) is 11.9 Å². The Morgan fingerprint density at radius 3 is 2.95 bits per heavy atom. The number of carboxylic acids is 1. The molecule has 1 aliphatic heterocycles. The van der Waals surface area contributed by atoms with Crippen LogP contribution >= 0.6 is 0 Å². The van der Waals surface area contributed by atoms with Crippen LogP contribution < -0.4 is 5.32 Å². The van der Waals surface area contributed by atoms with E-state index in [1.54, 1.807) is 0 Å². The smallest absolute Gasteiger partial charge is 0.337 e. The molecule has 1 aromatic rings. The molecule has 2 unspecified atom stereocenters. The first-order valence-corrected chi connectivity index (χ1v) is 5.75. The van der Waals surface area contributed by atoms with Crippen LogP contribution in [0.1, 0.15) is 23.7 Å². The van der Waals surface area contributed by atoms with E-state index in [2.05, 4.69) is 10.3 Å². The van der Waals surface area contributed by atoms with Gasteiger partial charge in [-0.25, -0.2) is 9.78 Å². The molecule has 8 nitrogen and oxygen atoms in total. The van der Waals surface area contributed by atoms with E-state index in [0.717, 1.165) is 18.7 Å². The van der Waals surface area contributed by atoms with Gasteiger partial charge in [-0.1, -0.05) is 0 Å². The molecule has 0 aliphatic carbocycles. The van der Waals surface area contributed by atoms with Crippen molar-refractivity contribution < 1.29 is 19.6 Å². The van der Waals surface area contributed by atoms with Gasteiger partial charge in [0.1, 0.15) is 0 Å². The zero-order valence-corrected chi connectivity index (χ0v) is 10.2. The molecule has 2 heterocycles. The van der Waals surface area contributed by atoms with Crippen molar-refractivity contribution in [2.45, 2.75) is 25.5 Å². The van der Waals surface area contributed by atoms with E-state index in [-0.39, 0.29) is 29.2 Å². The first-order chi connectivity index (χ1) is 8.99. The summed E-state index contributed by atoms with van der Waals surface area (Å²) in [5, 5.41) is 22.7. The SMILES string of the molecule is CC1OCCC1Nc1ncc(C(=O)O)cc1[N+](=O)[O-]. The maximum Gasteiger partial charge on any atom is 0.337 e. The molecule has 2 rings (SSSR count). The molecule has 1 aliphatic rings. The first kappa shape index (κ1) is 13.2. The standard InChI is InChI=1S/C11H13N3O5/c1-6-8(2-3-19-6)13-10-9(14(17)18)4-7(5-12-10)11(15)16/h4-6,8H,2-3H2,1H3,(H,12,13)(H,15,16). The Labute approximate surface area is 108 Å². The highest BCUT2D eigenvalue weighted by Gasteiger charge is 2.27. The largest absolute Gasteiger partial charge is 0.478 e. The zero-order valence-electron chi connectivity index (χ0n) is 10.2. The summed E-state index contributed by atoms with van der Waals surface area (Å²) in [6.07, 6.45) is 1.75. The molecule has 0 amide bonds. The molecule has 1 saturated heterocycles. The number of aromatic carboxylic acids is 1. The second-order valence-corrected chi connectivity index (χ2v) is 4.27. The van der Waals surface area contributed by atoms with Crippen molar-refractivity contribution in [2.24, 2.45) is 0 Å². The zero-order chi connectivity index (χ0) is 14.0. The molecule has 0 radical (unpaired) electrons. The van der Waals surface area contributed by atoms with Gasteiger partial charge in [-0.3, -0.25) is 10.1 Å². The molecule has 8 heteroatoms. The minimum Gasteiger partial charge on any atom is -0.478 e. The molecule has 2 N–H and O–H groups in total. The van der Waals surface area contributed by atoms with Crippen LogP contribution in [0.25, 0.3) is 0 Å². The summed E-state index contributed by atoms with van der Waals surface area (Å²) >= 11 is 0. The van der Waals surface area contributed by atoms with Crippen molar-refractivity contribution in [3.8, 4) is 0 Å². The Morgan fingerprint density at radius 1 is 1.68 bits per heavy atom. The summed E-state index contributed by atoms with van der Waals surface area (Å²) in [6, 6.07) is 0.930. The van der Waals surface area contributed by atoms with Crippen molar-refractivity contribution in [1.82, 2.24) is 4.98 Å². The van der Waals surface area contributed by atoms with Crippen LogP contribution in [0, 0.1) is 10.1 Å². The van der Waals surface area contributed by atoms with Crippen molar-refractivity contribution in [3.05, 3.63) is 27.9 Å². The van der Waals surface area contributed by atoms with Gasteiger partial charge in [-0.15, -0.1) is 0 Å². The fourth-order valence-corrected chi connectivity index (χ4v) is 1.92. The number of pyridine rings is 1. The predicted octanol–water partition coefficient (Wildman–Crippen LogP) is 1.28.